The molecular formula is C18H21NOS. The normalized spacial score (nSPS) is 12.0. The fraction of sp³-hybridized carbons (Fsp3) is 0.278. The molecule has 0 fully saturated rings. The molecule has 21 heavy (non-hydrogen) atoms. The molecule has 0 aliphatic rings. The molecule has 0 bridgehead atoms. The maximum atomic E-state index is 12.2. The van der Waals surface area contributed by atoms with Crippen molar-refractivity contribution in [2.45, 2.75) is 37.5 Å². The zero-order valence-corrected chi connectivity index (χ0v) is 13.5. The second kappa shape index (κ2) is 7.32. The molecule has 110 valence electrons. The molecule has 0 saturated carbocycles. The summed E-state index contributed by atoms with van der Waals surface area (Å²) >= 11 is 1.61. The monoisotopic (exact) mass is 299 g/mol. The molecule has 2 aromatic carbocycles. The average Bonchev–Trinajstić information content (AvgIpc) is 2.48. The van der Waals surface area contributed by atoms with Crippen molar-refractivity contribution in [2.75, 3.05) is 0 Å². The molecule has 2 aromatic rings. The number of carbonyl (C=O) groups excluding carboxylic acids is 1. The van der Waals surface area contributed by atoms with Crippen LogP contribution in [0.4, 0.5) is 0 Å². The molecule has 1 atom stereocenters. The van der Waals surface area contributed by atoms with Crippen molar-refractivity contribution >= 4 is 17.7 Å². The Bertz CT molecular complexity index is 610. The molecule has 0 aliphatic heterocycles. The van der Waals surface area contributed by atoms with Gasteiger partial charge in [-0.1, -0.05) is 48.0 Å². The number of hydrogen-bond acceptors (Lipinski definition) is 2. The summed E-state index contributed by atoms with van der Waals surface area (Å²) in [7, 11) is 0. The minimum absolute atomic E-state index is 0.0730. The van der Waals surface area contributed by atoms with Crippen LogP contribution in [0.15, 0.2) is 53.4 Å². The van der Waals surface area contributed by atoms with Crippen molar-refractivity contribution in [1.29, 1.82) is 0 Å². The Balaban J connectivity index is 1.90. The van der Waals surface area contributed by atoms with Crippen molar-refractivity contribution in [3.63, 3.8) is 0 Å². The number of nitrogens with one attached hydrogen (secondary N) is 1. The van der Waals surface area contributed by atoms with Crippen LogP contribution in [0.25, 0.3) is 0 Å². The molecule has 0 spiro atoms. The van der Waals surface area contributed by atoms with E-state index in [0.29, 0.717) is 6.54 Å². The van der Waals surface area contributed by atoms with E-state index in [-0.39, 0.29) is 11.2 Å². The minimum Gasteiger partial charge on any atom is -0.351 e. The first-order chi connectivity index (χ1) is 10.1. The highest BCUT2D eigenvalue weighted by atomic mass is 32.2. The highest BCUT2D eigenvalue weighted by Gasteiger charge is 2.15. The lowest BCUT2D eigenvalue weighted by molar-refractivity contribution is -0.120. The Kier molecular flexibility index (Phi) is 5.45. The van der Waals surface area contributed by atoms with Gasteiger partial charge in [0.2, 0.25) is 5.91 Å². The van der Waals surface area contributed by atoms with E-state index in [1.807, 2.05) is 37.3 Å². The largest absolute Gasteiger partial charge is 0.351 e. The van der Waals surface area contributed by atoms with Gasteiger partial charge in [-0.25, -0.2) is 0 Å². The first-order valence-corrected chi connectivity index (χ1v) is 8.00. The second-order valence-electron chi connectivity index (χ2n) is 5.23. The summed E-state index contributed by atoms with van der Waals surface area (Å²) in [5.41, 5.74) is 3.59. The molecule has 1 amide bonds. The van der Waals surface area contributed by atoms with Crippen LogP contribution in [0.1, 0.15) is 23.6 Å². The summed E-state index contributed by atoms with van der Waals surface area (Å²) in [4.78, 5) is 13.3. The zero-order valence-electron chi connectivity index (χ0n) is 12.7. The quantitative estimate of drug-likeness (QED) is 0.842. The van der Waals surface area contributed by atoms with Gasteiger partial charge in [0.25, 0.3) is 0 Å². The highest BCUT2D eigenvalue weighted by molar-refractivity contribution is 8.00. The summed E-state index contributed by atoms with van der Waals surface area (Å²) < 4.78 is 0. The fourth-order valence-electron chi connectivity index (χ4n) is 2.10. The van der Waals surface area contributed by atoms with E-state index in [2.05, 4.69) is 37.4 Å². The van der Waals surface area contributed by atoms with E-state index in [4.69, 9.17) is 0 Å². The SMILES string of the molecule is Cc1ccc(S[C@H](C)C(=O)NCc2ccccc2)c(C)c1. The lowest BCUT2D eigenvalue weighted by atomic mass is 10.2. The number of carbonyl (C=O) groups is 1. The van der Waals surface area contributed by atoms with E-state index in [9.17, 15) is 4.79 Å². The third-order valence-corrected chi connectivity index (χ3v) is 4.59. The van der Waals surface area contributed by atoms with E-state index in [1.165, 1.54) is 16.0 Å². The number of rotatable bonds is 5. The van der Waals surface area contributed by atoms with Crippen LogP contribution in [0.2, 0.25) is 0 Å². The van der Waals surface area contributed by atoms with Crippen molar-refractivity contribution in [3.05, 3.63) is 65.2 Å². The predicted octanol–water partition coefficient (Wildman–Crippen LogP) is 4.10. The van der Waals surface area contributed by atoms with Crippen molar-refractivity contribution in [2.24, 2.45) is 0 Å². The summed E-state index contributed by atoms with van der Waals surface area (Å²) in [5.74, 6) is 0.0730. The van der Waals surface area contributed by atoms with Gasteiger partial charge >= 0.3 is 0 Å². The van der Waals surface area contributed by atoms with E-state index in [1.54, 1.807) is 11.8 Å². The lowest BCUT2D eigenvalue weighted by Gasteiger charge is -2.14. The third kappa shape index (κ3) is 4.64. The zero-order chi connectivity index (χ0) is 15.2. The average molecular weight is 299 g/mol. The van der Waals surface area contributed by atoms with Gasteiger partial charge in [0.1, 0.15) is 0 Å². The van der Waals surface area contributed by atoms with Gasteiger partial charge in [0, 0.05) is 11.4 Å². The second-order valence-corrected chi connectivity index (χ2v) is 6.62. The van der Waals surface area contributed by atoms with Gasteiger partial charge in [-0.2, -0.15) is 0 Å². The van der Waals surface area contributed by atoms with E-state index in [0.717, 1.165) is 5.56 Å². The molecule has 0 radical (unpaired) electrons. The summed E-state index contributed by atoms with van der Waals surface area (Å²) in [6, 6.07) is 16.3. The Morgan fingerprint density at radius 3 is 2.52 bits per heavy atom. The van der Waals surface area contributed by atoms with Gasteiger partial charge < -0.3 is 5.32 Å². The maximum absolute atomic E-state index is 12.2. The minimum atomic E-state index is -0.102. The van der Waals surface area contributed by atoms with Crippen LogP contribution in [0, 0.1) is 13.8 Å². The highest BCUT2D eigenvalue weighted by Crippen LogP contribution is 2.27. The van der Waals surface area contributed by atoms with Crippen LogP contribution >= 0.6 is 11.8 Å². The Hall–Kier alpha value is -1.74. The number of benzene rings is 2. The molecule has 0 aliphatic carbocycles. The van der Waals surface area contributed by atoms with Crippen LogP contribution in [-0.2, 0) is 11.3 Å². The first-order valence-electron chi connectivity index (χ1n) is 7.12. The Labute approximate surface area is 131 Å². The van der Waals surface area contributed by atoms with Gasteiger partial charge in [-0.15, -0.1) is 11.8 Å². The van der Waals surface area contributed by atoms with E-state index >= 15 is 0 Å². The number of hydrogen-bond donors (Lipinski definition) is 1. The molecule has 0 unspecified atom stereocenters. The standard InChI is InChI=1S/C18H21NOS/c1-13-9-10-17(14(2)11-13)21-15(3)18(20)19-12-16-7-5-4-6-8-16/h4-11,15H,12H2,1-3H3,(H,19,20)/t15-/m1/s1. The van der Waals surface area contributed by atoms with Crippen LogP contribution in [-0.4, -0.2) is 11.2 Å². The van der Waals surface area contributed by atoms with Gasteiger partial charge in [0.15, 0.2) is 0 Å². The number of thioether (sulfide) groups is 1. The smallest absolute Gasteiger partial charge is 0.233 e. The van der Waals surface area contributed by atoms with Gasteiger partial charge in [-0.05, 0) is 38.0 Å². The van der Waals surface area contributed by atoms with Crippen molar-refractivity contribution in [1.82, 2.24) is 5.32 Å². The maximum Gasteiger partial charge on any atom is 0.233 e. The Morgan fingerprint density at radius 2 is 1.86 bits per heavy atom. The lowest BCUT2D eigenvalue weighted by Crippen LogP contribution is -2.30. The van der Waals surface area contributed by atoms with Gasteiger partial charge in [0.05, 0.1) is 5.25 Å². The molecule has 0 heterocycles. The summed E-state index contributed by atoms with van der Waals surface area (Å²) in [6.45, 7) is 6.70. The number of amides is 1. The van der Waals surface area contributed by atoms with Crippen LogP contribution in [0.5, 0.6) is 0 Å². The topological polar surface area (TPSA) is 29.1 Å². The molecule has 0 aromatic heterocycles. The van der Waals surface area contributed by atoms with Crippen LogP contribution in [0.3, 0.4) is 0 Å². The molecule has 0 saturated heterocycles. The van der Waals surface area contributed by atoms with Gasteiger partial charge in [-0.3, -0.25) is 4.79 Å². The predicted molar refractivity (Wildman–Crippen MR) is 89.5 cm³/mol. The summed E-state index contributed by atoms with van der Waals surface area (Å²) in [5, 5.41) is 2.89. The van der Waals surface area contributed by atoms with Crippen LogP contribution < -0.4 is 5.32 Å². The fourth-order valence-corrected chi connectivity index (χ4v) is 3.07. The first kappa shape index (κ1) is 15.6. The molecule has 1 N–H and O–H groups in total. The summed E-state index contributed by atoms with van der Waals surface area (Å²) in [6.07, 6.45) is 0. The van der Waals surface area contributed by atoms with Crippen molar-refractivity contribution < 1.29 is 4.79 Å². The third-order valence-electron chi connectivity index (χ3n) is 3.31. The molecular weight excluding hydrogens is 278 g/mol. The molecule has 2 rings (SSSR count). The molecule has 3 heteroatoms. The Morgan fingerprint density at radius 1 is 1.14 bits per heavy atom. The number of aryl methyl sites for hydroxylation is 2. The van der Waals surface area contributed by atoms with Crippen molar-refractivity contribution in [3.8, 4) is 0 Å². The molecule has 2 nitrogen and oxygen atoms in total. The van der Waals surface area contributed by atoms with E-state index < -0.39 is 0 Å².